The van der Waals surface area contributed by atoms with Gasteiger partial charge in [0.15, 0.2) is 0 Å². The van der Waals surface area contributed by atoms with Gasteiger partial charge in [0.25, 0.3) is 10.0 Å². The first kappa shape index (κ1) is 14.2. The van der Waals surface area contributed by atoms with E-state index in [-0.39, 0.29) is 21.4 Å². The highest BCUT2D eigenvalue weighted by atomic mass is 35.5. The molecule has 0 saturated heterocycles. The van der Waals surface area contributed by atoms with Crippen LogP contribution in [0.5, 0.6) is 0 Å². The number of carboxylic acids is 1. The third-order valence-electron chi connectivity index (χ3n) is 2.26. The molecule has 2 N–H and O–H groups in total. The minimum Gasteiger partial charge on any atom is -0.478 e. The van der Waals surface area contributed by atoms with Gasteiger partial charge in [-0.2, -0.15) is 0 Å². The van der Waals surface area contributed by atoms with Crippen LogP contribution in [0.1, 0.15) is 10.4 Å². The second-order valence-electron chi connectivity index (χ2n) is 3.63. The van der Waals surface area contributed by atoms with Crippen molar-refractivity contribution in [3.8, 4) is 0 Å². The van der Waals surface area contributed by atoms with Gasteiger partial charge in [0, 0.05) is 12.4 Å². The number of sulfonamides is 1. The zero-order valence-corrected chi connectivity index (χ0v) is 11.4. The van der Waals surface area contributed by atoms with Gasteiger partial charge in [0.1, 0.15) is 4.90 Å². The smallest absolute Gasteiger partial charge is 0.335 e. The van der Waals surface area contributed by atoms with E-state index in [0.717, 1.165) is 6.07 Å². The summed E-state index contributed by atoms with van der Waals surface area (Å²) < 4.78 is 26.4. The van der Waals surface area contributed by atoms with E-state index in [1.165, 1.54) is 30.6 Å². The van der Waals surface area contributed by atoms with Crippen LogP contribution in [0.2, 0.25) is 5.02 Å². The van der Waals surface area contributed by atoms with Gasteiger partial charge in [-0.3, -0.25) is 0 Å². The van der Waals surface area contributed by atoms with Gasteiger partial charge < -0.3 is 5.11 Å². The molecule has 0 aliphatic carbocycles. The maximum Gasteiger partial charge on any atom is 0.335 e. The molecule has 9 heteroatoms. The first-order chi connectivity index (χ1) is 9.40. The molecule has 1 heterocycles. The lowest BCUT2D eigenvalue weighted by molar-refractivity contribution is 0.0696. The van der Waals surface area contributed by atoms with Crippen molar-refractivity contribution in [2.45, 2.75) is 4.90 Å². The maximum absolute atomic E-state index is 12.1. The summed E-state index contributed by atoms with van der Waals surface area (Å²) in [6.45, 7) is 0. The SMILES string of the molecule is O=C(O)c1ccc(Cl)c(S(=O)(=O)Nc2ncccn2)c1. The summed E-state index contributed by atoms with van der Waals surface area (Å²) in [6.07, 6.45) is 2.72. The Morgan fingerprint density at radius 3 is 2.50 bits per heavy atom. The van der Waals surface area contributed by atoms with Gasteiger partial charge >= 0.3 is 5.97 Å². The Morgan fingerprint density at radius 1 is 1.25 bits per heavy atom. The number of anilines is 1. The number of hydrogen-bond donors (Lipinski definition) is 2. The Labute approximate surface area is 119 Å². The van der Waals surface area contributed by atoms with Gasteiger partial charge in [-0.05, 0) is 24.3 Å². The third-order valence-corrected chi connectivity index (χ3v) is 4.07. The number of nitrogens with zero attached hydrogens (tertiary/aromatic N) is 2. The van der Waals surface area contributed by atoms with Crippen molar-refractivity contribution < 1.29 is 18.3 Å². The molecule has 1 aromatic heterocycles. The van der Waals surface area contributed by atoms with Crippen LogP contribution in [-0.4, -0.2) is 29.5 Å². The number of carbonyl (C=O) groups is 1. The van der Waals surface area contributed by atoms with Crippen molar-refractivity contribution >= 4 is 33.5 Å². The summed E-state index contributed by atoms with van der Waals surface area (Å²) in [7, 11) is -4.07. The highest BCUT2D eigenvalue weighted by Gasteiger charge is 2.21. The van der Waals surface area contributed by atoms with Crippen molar-refractivity contribution in [2.24, 2.45) is 0 Å². The summed E-state index contributed by atoms with van der Waals surface area (Å²) in [5.74, 6) is -1.39. The summed E-state index contributed by atoms with van der Waals surface area (Å²) >= 11 is 5.80. The van der Waals surface area contributed by atoms with Crippen molar-refractivity contribution in [1.82, 2.24) is 9.97 Å². The monoisotopic (exact) mass is 313 g/mol. The second-order valence-corrected chi connectivity index (χ2v) is 5.69. The molecule has 1 aromatic carbocycles. The second kappa shape index (κ2) is 5.43. The molecule has 2 aromatic rings. The fourth-order valence-corrected chi connectivity index (χ4v) is 2.85. The Balaban J connectivity index is 2.44. The van der Waals surface area contributed by atoms with Gasteiger partial charge in [-0.1, -0.05) is 11.6 Å². The first-order valence-electron chi connectivity index (χ1n) is 5.23. The molecular formula is C11H8ClN3O4S. The normalized spacial score (nSPS) is 11.1. The lowest BCUT2D eigenvalue weighted by Gasteiger charge is -2.08. The Morgan fingerprint density at radius 2 is 1.90 bits per heavy atom. The number of aromatic carboxylic acids is 1. The summed E-state index contributed by atoms with van der Waals surface area (Å²) in [5.41, 5.74) is -0.191. The molecule has 0 bridgehead atoms. The van der Waals surface area contributed by atoms with E-state index in [1.807, 2.05) is 0 Å². The molecule has 0 aliphatic rings. The molecular weight excluding hydrogens is 306 g/mol. The summed E-state index contributed by atoms with van der Waals surface area (Å²) in [5, 5.41) is 8.77. The van der Waals surface area contributed by atoms with Crippen molar-refractivity contribution in [2.75, 3.05) is 4.72 Å². The molecule has 0 aliphatic heterocycles. The van der Waals surface area contributed by atoms with E-state index in [4.69, 9.17) is 16.7 Å². The number of aromatic nitrogens is 2. The minimum atomic E-state index is -4.07. The molecule has 0 unspecified atom stereocenters. The number of rotatable bonds is 4. The minimum absolute atomic E-state index is 0.0987. The lowest BCUT2D eigenvalue weighted by Crippen LogP contribution is -2.16. The molecule has 7 nitrogen and oxygen atoms in total. The zero-order chi connectivity index (χ0) is 14.8. The molecule has 0 radical (unpaired) electrons. The highest BCUT2D eigenvalue weighted by Crippen LogP contribution is 2.24. The van der Waals surface area contributed by atoms with Crippen LogP contribution >= 0.6 is 11.6 Å². The van der Waals surface area contributed by atoms with E-state index in [9.17, 15) is 13.2 Å². The topological polar surface area (TPSA) is 109 Å². The van der Waals surface area contributed by atoms with Crippen LogP contribution in [0, 0.1) is 0 Å². The molecule has 2 rings (SSSR count). The van der Waals surface area contributed by atoms with E-state index in [2.05, 4.69) is 14.7 Å². The standard InChI is InChI=1S/C11H8ClN3O4S/c12-8-3-2-7(10(16)17)6-9(8)20(18,19)15-11-13-4-1-5-14-11/h1-6H,(H,16,17)(H,13,14,15). The van der Waals surface area contributed by atoms with Crippen LogP contribution in [0.3, 0.4) is 0 Å². The predicted molar refractivity (Wildman–Crippen MR) is 71.3 cm³/mol. The van der Waals surface area contributed by atoms with Crippen LogP contribution in [0.4, 0.5) is 5.95 Å². The van der Waals surface area contributed by atoms with E-state index in [1.54, 1.807) is 0 Å². The highest BCUT2D eigenvalue weighted by molar-refractivity contribution is 7.92. The van der Waals surface area contributed by atoms with Crippen molar-refractivity contribution in [3.63, 3.8) is 0 Å². The zero-order valence-electron chi connectivity index (χ0n) is 9.82. The fraction of sp³-hybridized carbons (Fsp3) is 0. The fourth-order valence-electron chi connectivity index (χ4n) is 1.37. The average Bonchev–Trinajstić information content (AvgIpc) is 2.39. The Kier molecular flexibility index (Phi) is 3.86. The Hall–Kier alpha value is -2.19. The van der Waals surface area contributed by atoms with Gasteiger partial charge in [-0.25, -0.2) is 27.9 Å². The molecule has 0 saturated carbocycles. The summed E-state index contributed by atoms with van der Waals surface area (Å²) in [4.78, 5) is 17.9. The molecule has 0 atom stereocenters. The van der Waals surface area contributed by atoms with E-state index in [0.29, 0.717) is 0 Å². The van der Waals surface area contributed by atoms with Gasteiger partial charge in [0.05, 0.1) is 10.6 Å². The largest absolute Gasteiger partial charge is 0.478 e. The Bertz CT molecular complexity index is 750. The van der Waals surface area contributed by atoms with Crippen LogP contribution < -0.4 is 4.72 Å². The molecule has 0 spiro atoms. The number of carboxylic acid groups (broad SMARTS) is 1. The average molecular weight is 314 g/mol. The van der Waals surface area contributed by atoms with Crippen molar-refractivity contribution in [3.05, 3.63) is 47.2 Å². The van der Waals surface area contributed by atoms with Crippen LogP contribution in [-0.2, 0) is 10.0 Å². The number of nitrogens with one attached hydrogen (secondary N) is 1. The van der Waals surface area contributed by atoms with Gasteiger partial charge in [0.2, 0.25) is 5.95 Å². The summed E-state index contributed by atoms with van der Waals surface area (Å²) in [6, 6.07) is 4.90. The molecule has 20 heavy (non-hydrogen) atoms. The van der Waals surface area contributed by atoms with Crippen LogP contribution in [0.15, 0.2) is 41.6 Å². The number of hydrogen-bond acceptors (Lipinski definition) is 5. The van der Waals surface area contributed by atoms with Crippen molar-refractivity contribution in [1.29, 1.82) is 0 Å². The predicted octanol–water partition coefficient (Wildman–Crippen LogP) is 1.63. The van der Waals surface area contributed by atoms with Crippen LogP contribution in [0.25, 0.3) is 0 Å². The van der Waals surface area contributed by atoms with E-state index >= 15 is 0 Å². The quantitative estimate of drug-likeness (QED) is 0.887. The lowest BCUT2D eigenvalue weighted by atomic mass is 10.2. The number of benzene rings is 1. The first-order valence-corrected chi connectivity index (χ1v) is 7.09. The van der Waals surface area contributed by atoms with Gasteiger partial charge in [-0.15, -0.1) is 0 Å². The number of halogens is 1. The molecule has 104 valence electrons. The van der Waals surface area contributed by atoms with E-state index < -0.39 is 16.0 Å². The molecule has 0 amide bonds. The molecule has 0 fully saturated rings. The third kappa shape index (κ3) is 3.03. The maximum atomic E-state index is 12.1.